The number of hydrazone groups is 1. The molecule has 0 fully saturated rings. The number of rotatable bonds is 5. The molecule has 0 amide bonds. The van der Waals surface area contributed by atoms with Crippen LogP contribution >= 0.6 is 15.9 Å². The van der Waals surface area contributed by atoms with Crippen LogP contribution in [0.5, 0.6) is 11.5 Å². The first-order valence-corrected chi connectivity index (χ1v) is 10.4. The highest BCUT2D eigenvalue weighted by atomic mass is 79.9. The molecule has 2 N–H and O–H groups in total. The van der Waals surface area contributed by atoms with Crippen molar-refractivity contribution in [3.05, 3.63) is 101 Å². The van der Waals surface area contributed by atoms with Gasteiger partial charge in [0.15, 0.2) is 0 Å². The average Bonchev–Trinajstić information content (AvgIpc) is 3.17. The molecule has 150 valence electrons. The van der Waals surface area contributed by atoms with Crippen LogP contribution in [0.2, 0.25) is 0 Å². The molecule has 3 aromatic rings. The van der Waals surface area contributed by atoms with Crippen molar-refractivity contribution in [3.63, 3.8) is 0 Å². The van der Waals surface area contributed by atoms with E-state index >= 15 is 0 Å². The van der Waals surface area contributed by atoms with Gasteiger partial charge in [0.05, 0.1) is 17.4 Å². The maximum absolute atomic E-state index is 9.48. The normalized spacial score (nSPS) is 16.5. The molecule has 0 aromatic heterocycles. The molecule has 0 saturated carbocycles. The molecule has 30 heavy (non-hydrogen) atoms. The second-order valence-corrected chi connectivity index (χ2v) is 7.97. The first-order chi connectivity index (χ1) is 14.6. The van der Waals surface area contributed by atoms with Gasteiger partial charge in [0.1, 0.15) is 11.5 Å². The molecule has 1 aliphatic rings. The smallest absolute Gasteiger partial charge is 0.115 e. The van der Waals surface area contributed by atoms with E-state index in [2.05, 4.69) is 28.1 Å². The third kappa shape index (κ3) is 4.99. The Morgan fingerprint density at radius 1 is 0.767 bits per heavy atom. The predicted octanol–water partition coefficient (Wildman–Crippen LogP) is 6.22. The zero-order chi connectivity index (χ0) is 20.9. The number of halogens is 1. The highest BCUT2D eigenvalue weighted by Gasteiger charge is 2.24. The van der Waals surface area contributed by atoms with E-state index < -0.39 is 0 Å². The monoisotopic (exact) mass is 460 g/mol. The Morgan fingerprint density at radius 3 is 1.93 bits per heavy atom. The first kappa shape index (κ1) is 20.0. The summed E-state index contributed by atoms with van der Waals surface area (Å²) in [5.74, 6) is 0.515. The highest BCUT2D eigenvalue weighted by molar-refractivity contribution is 9.10. The minimum Gasteiger partial charge on any atom is -0.508 e. The van der Waals surface area contributed by atoms with Crippen LogP contribution in [0.25, 0.3) is 12.2 Å². The number of hydrogen-bond donors (Lipinski definition) is 2. The van der Waals surface area contributed by atoms with Gasteiger partial charge in [-0.15, -0.1) is 0 Å². The molecule has 4 nitrogen and oxygen atoms in total. The lowest BCUT2D eigenvalue weighted by Crippen LogP contribution is -2.23. The summed E-state index contributed by atoms with van der Waals surface area (Å²) >= 11 is 3.49. The van der Waals surface area contributed by atoms with Gasteiger partial charge in [0, 0.05) is 10.9 Å². The third-order valence-electron chi connectivity index (χ3n) is 4.82. The van der Waals surface area contributed by atoms with Gasteiger partial charge < -0.3 is 10.2 Å². The van der Waals surface area contributed by atoms with Crippen LogP contribution in [0.1, 0.15) is 17.5 Å². The van der Waals surface area contributed by atoms with Gasteiger partial charge in [0.25, 0.3) is 0 Å². The van der Waals surface area contributed by atoms with E-state index in [1.54, 1.807) is 24.3 Å². The lowest BCUT2D eigenvalue weighted by molar-refractivity contribution is 0.474. The molecule has 3 aromatic carbocycles. The molecular formula is C25H21BrN2O2. The molecule has 1 unspecified atom stereocenters. The van der Waals surface area contributed by atoms with Crippen molar-refractivity contribution in [1.29, 1.82) is 0 Å². The minimum atomic E-state index is 0.0828. The van der Waals surface area contributed by atoms with Crippen molar-refractivity contribution in [2.75, 3.05) is 5.01 Å². The molecule has 1 aliphatic heterocycles. The van der Waals surface area contributed by atoms with Gasteiger partial charge in [0.2, 0.25) is 0 Å². The molecular weight excluding hydrogens is 440 g/mol. The molecule has 0 aliphatic carbocycles. The molecule has 0 spiro atoms. The zero-order valence-electron chi connectivity index (χ0n) is 16.2. The van der Waals surface area contributed by atoms with E-state index in [1.807, 2.05) is 65.7 Å². The average molecular weight is 461 g/mol. The van der Waals surface area contributed by atoms with Gasteiger partial charge in [-0.25, -0.2) is 0 Å². The van der Waals surface area contributed by atoms with Crippen molar-refractivity contribution >= 4 is 39.5 Å². The van der Waals surface area contributed by atoms with Crippen LogP contribution in [0.3, 0.4) is 0 Å². The number of nitrogens with zero attached hydrogens (tertiary/aromatic N) is 2. The van der Waals surface area contributed by atoms with Crippen LogP contribution in [0.15, 0.2) is 94.5 Å². The summed E-state index contributed by atoms with van der Waals surface area (Å²) in [7, 11) is 0. The zero-order valence-corrected chi connectivity index (χ0v) is 17.8. The summed E-state index contributed by atoms with van der Waals surface area (Å²) < 4.78 is 1.03. The second kappa shape index (κ2) is 9.01. The summed E-state index contributed by atoms with van der Waals surface area (Å²) in [6.07, 6.45) is 8.99. The van der Waals surface area contributed by atoms with Gasteiger partial charge in [-0.05, 0) is 65.7 Å². The van der Waals surface area contributed by atoms with Crippen LogP contribution in [0, 0.1) is 0 Å². The van der Waals surface area contributed by atoms with Crippen LogP contribution in [-0.2, 0) is 0 Å². The number of anilines is 1. The number of hydrogen-bond acceptors (Lipinski definition) is 4. The first-order valence-electron chi connectivity index (χ1n) is 9.63. The number of phenols is 2. The van der Waals surface area contributed by atoms with Crippen molar-refractivity contribution in [2.45, 2.75) is 12.5 Å². The molecule has 0 radical (unpaired) electrons. The maximum atomic E-state index is 9.48. The Balaban J connectivity index is 1.57. The molecule has 1 atom stereocenters. The van der Waals surface area contributed by atoms with E-state index in [-0.39, 0.29) is 17.5 Å². The summed E-state index contributed by atoms with van der Waals surface area (Å²) in [5, 5.41) is 25.8. The van der Waals surface area contributed by atoms with E-state index in [4.69, 9.17) is 5.10 Å². The van der Waals surface area contributed by atoms with E-state index in [0.717, 1.165) is 33.4 Å². The SMILES string of the molecule is Oc1ccc(/C=C/C2=NN(c3ccc(Br)cc3)C(/C=C/c3ccc(O)cc3)C2)cc1. The van der Waals surface area contributed by atoms with Gasteiger partial charge in [-0.3, -0.25) is 5.01 Å². The number of aromatic hydroxyl groups is 2. The highest BCUT2D eigenvalue weighted by Crippen LogP contribution is 2.28. The van der Waals surface area contributed by atoms with Crippen molar-refractivity contribution < 1.29 is 10.2 Å². The number of benzene rings is 3. The van der Waals surface area contributed by atoms with Crippen molar-refractivity contribution in [2.24, 2.45) is 5.10 Å². The molecule has 0 bridgehead atoms. The summed E-state index contributed by atoms with van der Waals surface area (Å²) in [5.41, 5.74) is 4.03. The fourth-order valence-electron chi connectivity index (χ4n) is 3.23. The van der Waals surface area contributed by atoms with Gasteiger partial charge in [-0.1, -0.05) is 58.4 Å². The van der Waals surface area contributed by atoms with Crippen molar-refractivity contribution in [3.8, 4) is 11.5 Å². The number of allylic oxidation sites excluding steroid dienone is 1. The van der Waals surface area contributed by atoms with Gasteiger partial charge in [-0.2, -0.15) is 5.10 Å². The van der Waals surface area contributed by atoms with Crippen LogP contribution < -0.4 is 5.01 Å². The quantitative estimate of drug-likeness (QED) is 0.474. The summed E-state index contributed by atoms with van der Waals surface area (Å²) in [6.45, 7) is 0. The minimum absolute atomic E-state index is 0.0828. The van der Waals surface area contributed by atoms with E-state index in [9.17, 15) is 10.2 Å². The van der Waals surface area contributed by atoms with Gasteiger partial charge >= 0.3 is 0 Å². The summed E-state index contributed by atoms with van der Waals surface area (Å²) in [4.78, 5) is 0. The standard InChI is InChI=1S/C25H21BrN2O2/c26-20-7-11-22(12-8-20)28-23(10-2-19-5-15-25(30)16-6-19)17-21(27-28)9-1-18-3-13-24(29)14-4-18/h1-16,23,29-30H,17H2/b9-1+,10-2+. The van der Waals surface area contributed by atoms with Crippen LogP contribution in [-0.4, -0.2) is 22.0 Å². The Labute approximate surface area is 184 Å². The second-order valence-electron chi connectivity index (χ2n) is 7.06. The maximum Gasteiger partial charge on any atom is 0.115 e. The van der Waals surface area contributed by atoms with E-state index in [0.29, 0.717) is 0 Å². The van der Waals surface area contributed by atoms with E-state index in [1.165, 1.54) is 0 Å². The topological polar surface area (TPSA) is 56.1 Å². The molecule has 1 heterocycles. The lowest BCUT2D eigenvalue weighted by atomic mass is 10.1. The Bertz CT molecular complexity index is 1090. The lowest BCUT2D eigenvalue weighted by Gasteiger charge is -2.21. The molecule has 5 heteroatoms. The summed E-state index contributed by atoms with van der Waals surface area (Å²) in [6, 6.07) is 22.4. The fourth-order valence-corrected chi connectivity index (χ4v) is 3.50. The van der Waals surface area contributed by atoms with Crippen LogP contribution in [0.4, 0.5) is 5.69 Å². The Kier molecular flexibility index (Phi) is 6.00. The fraction of sp³-hybridized carbons (Fsp3) is 0.0800. The largest absolute Gasteiger partial charge is 0.508 e. The Hall–Kier alpha value is -3.31. The third-order valence-corrected chi connectivity index (χ3v) is 5.35. The molecule has 0 saturated heterocycles. The molecule has 4 rings (SSSR count). The van der Waals surface area contributed by atoms with Crippen molar-refractivity contribution in [1.82, 2.24) is 0 Å². The predicted molar refractivity (Wildman–Crippen MR) is 127 cm³/mol. The Morgan fingerprint density at radius 2 is 1.33 bits per heavy atom. The number of phenolic OH excluding ortho intramolecular Hbond substituents is 2.